The van der Waals surface area contributed by atoms with Crippen molar-refractivity contribution in [2.45, 2.75) is 25.7 Å². The number of H-pyrrole nitrogens is 2. The van der Waals surface area contributed by atoms with E-state index in [0.717, 1.165) is 55.1 Å². The molecule has 1 fully saturated rings. The fourth-order valence-electron chi connectivity index (χ4n) is 3.50. The summed E-state index contributed by atoms with van der Waals surface area (Å²) in [4.78, 5) is 23.6. The van der Waals surface area contributed by atoms with Gasteiger partial charge in [-0.05, 0) is 37.8 Å². The van der Waals surface area contributed by atoms with Crippen molar-refractivity contribution in [1.82, 2.24) is 20.2 Å². The molecule has 3 heterocycles. The first-order valence-corrected chi connectivity index (χ1v) is 8.15. The van der Waals surface area contributed by atoms with Gasteiger partial charge in [0.05, 0.1) is 16.6 Å². The number of aryl methyl sites for hydroxylation is 1. The predicted octanol–water partition coefficient (Wildman–Crippen LogP) is 2.01. The van der Waals surface area contributed by atoms with Crippen molar-refractivity contribution in [3.63, 3.8) is 0 Å². The van der Waals surface area contributed by atoms with Crippen LogP contribution in [0.4, 0.5) is 5.95 Å². The molecule has 1 aromatic carbocycles. The van der Waals surface area contributed by atoms with Gasteiger partial charge in [0.15, 0.2) is 0 Å². The zero-order valence-electron chi connectivity index (χ0n) is 12.7. The molecule has 2 aliphatic rings. The Morgan fingerprint density at radius 2 is 1.96 bits per heavy atom. The molecule has 1 aliphatic carbocycles. The van der Waals surface area contributed by atoms with Gasteiger partial charge in [-0.25, -0.2) is 9.97 Å². The lowest BCUT2D eigenvalue weighted by Gasteiger charge is -2.31. The topological polar surface area (TPSA) is 77.7 Å². The number of hydrogen-bond donors (Lipinski definition) is 2. The van der Waals surface area contributed by atoms with E-state index in [1.165, 1.54) is 17.7 Å². The molecule has 2 aromatic heterocycles. The van der Waals surface area contributed by atoms with Gasteiger partial charge in [0, 0.05) is 29.9 Å². The van der Waals surface area contributed by atoms with Crippen LogP contribution in [-0.2, 0) is 12.8 Å². The van der Waals surface area contributed by atoms with Crippen LogP contribution in [0.3, 0.4) is 0 Å². The molecule has 1 aliphatic heterocycles. The average molecular weight is 307 g/mol. The summed E-state index contributed by atoms with van der Waals surface area (Å²) in [5.41, 5.74) is 5.28. The van der Waals surface area contributed by atoms with Gasteiger partial charge in [0.25, 0.3) is 5.56 Å². The minimum Gasteiger partial charge on any atom is -0.341 e. The molecule has 3 aromatic rings. The second-order valence-corrected chi connectivity index (χ2v) is 6.33. The second-order valence-electron chi connectivity index (χ2n) is 6.33. The molecule has 6 nitrogen and oxygen atoms in total. The molecule has 0 amide bonds. The van der Waals surface area contributed by atoms with E-state index >= 15 is 0 Å². The third-order valence-corrected chi connectivity index (χ3v) is 4.91. The molecule has 0 radical (unpaired) electrons. The van der Waals surface area contributed by atoms with E-state index in [1.807, 2.05) is 18.2 Å². The van der Waals surface area contributed by atoms with Crippen LogP contribution in [0, 0.1) is 0 Å². The van der Waals surface area contributed by atoms with Crippen LogP contribution >= 0.6 is 0 Å². The van der Waals surface area contributed by atoms with Gasteiger partial charge in [-0.2, -0.15) is 0 Å². The Kier molecular flexibility index (Phi) is 2.62. The van der Waals surface area contributed by atoms with E-state index in [9.17, 15) is 4.79 Å². The first-order chi connectivity index (χ1) is 11.3. The maximum atomic E-state index is 11.7. The number of fused-ring (bicyclic) bond motifs is 2. The molecule has 0 unspecified atom stereocenters. The summed E-state index contributed by atoms with van der Waals surface area (Å²) in [7, 11) is 0. The summed E-state index contributed by atoms with van der Waals surface area (Å²) in [6.07, 6.45) is 4.43. The van der Waals surface area contributed by atoms with Gasteiger partial charge in [0.1, 0.15) is 0 Å². The summed E-state index contributed by atoms with van der Waals surface area (Å²) in [6.45, 7) is 2.09. The fraction of sp³-hybridized carbons (Fsp3) is 0.353. The quantitative estimate of drug-likeness (QED) is 0.759. The second kappa shape index (κ2) is 4.68. The molecule has 23 heavy (non-hydrogen) atoms. The molecular weight excluding hydrogens is 290 g/mol. The molecule has 6 heteroatoms. The number of nitrogens with one attached hydrogen (secondary N) is 2. The van der Waals surface area contributed by atoms with Crippen LogP contribution in [0.2, 0.25) is 0 Å². The van der Waals surface area contributed by atoms with E-state index < -0.39 is 0 Å². The molecule has 5 rings (SSSR count). The number of aromatic amines is 2. The molecule has 0 saturated carbocycles. The zero-order valence-corrected chi connectivity index (χ0v) is 12.7. The summed E-state index contributed by atoms with van der Waals surface area (Å²) >= 11 is 0. The van der Waals surface area contributed by atoms with E-state index in [1.54, 1.807) is 0 Å². The Bertz CT molecular complexity index is 967. The van der Waals surface area contributed by atoms with Crippen LogP contribution in [0.5, 0.6) is 0 Å². The van der Waals surface area contributed by atoms with Crippen molar-refractivity contribution in [2.24, 2.45) is 0 Å². The number of aromatic nitrogens is 4. The monoisotopic (exact) mass is 307 g/mol. The van der Waals surface area contributed by atoms with E-state index in [4.69, 9.17) is 9.97 Å². The van der Waals surface area contributed by atoms with Crippen molar-refractivity contribution in [1.29, 1.82) is 0 Å². The normalized spacial score (nSPS) is 16.6. The van der Waals surface area contributed by atoms with Gasteiger partial charge in [-0.3, -0.25) is 15.0 Å². The minimum absolute atomic E-state index is 0.0827. The SMILES string of the molecule is O=c1[nH][nH]c2cc(-c3nc(N4CCC4)nc4c3CCC4)ccc12. The zero-order chi connectivity index (χ0) is 15.4. The average Bonchev–Trinajstić information content (AvgIpc) is 3.11. The first-order valence-electron chi connectivity index (χ1n) is 8.15. The summed E-state index contributed by atoms with van der Waals surface area (Å²) < 4.78 is 0. The maximum absolute atomic E-state index is 11.7. The van der Waals surface area contributed by atoms with Crippen molar-refractivity contribution in [2.75, 3.05) is 18.0 Å². The number of rotatable bonds is 2. The lowest BCUT2D eigenvalue weighted by molar-refractivity contribution is 0.599. The highest BCUT2D eigenvalue weighted by atomic mass is 16.1. The van der Waals surface area contributed by atoms with E-state index in [2.05, 4.69) is 15.1 Å². The minimum atomic E-state index is -0.0827. The van der Waals surface area contributed by atoms with Gasteiger partial charge < -0.3 is 4.90 Å². The van der Waals surface area contributed by atoms with Crippen LogP contribution in [0.1, 0.15) is 24.1 Å². The number of benzene rings is 1. The Hall–Kier alpha value is -2.63. The highest BCUT2D eigenvalue weighted by molar-refractivity contribution is 5.83. The third-order valence-electron chi connectivity index (χ3n) is 4.91. The molecule has 116 valence electrons. The molecular formula is C17H17N5O. The van der Waals surface area contributed by atoms with Gasteiger partial charge in [-0.1, -0.05) is 6.07 Å². The van der Waals surface area contributed by atoms with Gasteiger partial charge >= 0.3 is 0 Å². The maximum Gasteiger partial charge on any atom is 0.271 e. The molecule has 0 spiro atoms. The van der Waals surface area contributed by atoms with Crippen molar-refractivity contribution in [3.8, 4) is 11.3 Å². The Morgan fingerprint density at radius 1 is 1.04 bits per heavy atom. The van der Waals surface area contributed by atoms with Crippen LogP contribution < -0.4 is 10.5 Å². The first kappa shape index (κ1) is 12.9. The van der Waals surface area contributed by atoms with Crippen LogP contribution in [0.15, 0.2) is 23.0 Å². The standard InChI is InChI=1S/C17H17N5O/c23-16-12-6-5-10(9-14(12)20-21-16)15-11-3-1-4-13(11)18-17(19-15)22-7-2-8-22/h5-6,9H,1-4,7-8H2,(H2,20,21,23). The Morgan fingerprint density at radius 3 is 2.78 bits per heavy atom. The van der Waals surface area contributed by atoms with Crippen molar-refractivity contribution >= 4 is 16.9 Å². The molecule has 2 N–H and O–H groups in total. The highest BCUT2D eigenvalue weighted by Gasteiger charge is 2.24. The molecule has 0 bridgehead atoms. The summed E-state index contributed by atoms with van der Waals surface area (Å²) in [6, 6.07) is 5.87. The number of anilines is 1. The van der Waals surface area contributed by atoms with E-state index in [-0.39, 0.29) is 5.56 Å². The molecule has 0 atom stereocenters. The summed E-state index contributed by atoms with van der Waals surface area (Å²) in [5, 5.41) is 6.25. The third kappa shape index (κ3) is 1.91. The lowest BCUT2D eigenvalue weighted by atomic mass is 10.0. The van der Waals surface area contributed by atoms with Crippen LogP contribution in [0.25, 0.3) is 22.2 Å². The summed E-state index contributed by atoms with van der Waals surface area (Å²) in [5.74, 6) is 0.856. The highest BCUT2D eigenvalue weighted by Crippen LogP contribution is 2.33. The van der Waals surface area contributed by atoms with Crippen molar-refractivity contribution < 1.29 is 0 Å². The Balaban J connectivity index is 1.70. The van der Waals surface area contributed by atoms with E-state index in [0.29, 0.717) is 5.39 Å². The number of nitrogens with zero attached hydrogens (tertiary/aromatic N) is 3. The lowest BCUT2D eigenvalue weighted by Crippen LogP contribution is -2.38. The Labute approximate surface area is 132 Å². The largest absolute Gasteiger partial charge is 0.341 e. The predicted molar refractivity (Wildman–Crippen MR) is 88.8 cm³/mol. The smallest absolute Gasteiger partial charge is 0.271 e. The van der Waals surface area contributed by atoms with Crippen LogP contribution in [-0.4, -0.2) is 33.3 Å². The number of hydrogen-bond acceptors (Lipinski definition) is 4. The molecule has 1 saturated heterocycles. The fourth-order valence-corrected chi connectivity index (χ4v) is 3.50. The van der Waals surface area contributed by atoms with Gasteiger partial charge in [0.2, 0.25) is 5.95 Å². The van der Waals surface area contributed by atoms with Gasteiger partial charge in [-0.15, -0.1) is 0 Å². The van der Waals surface area contributed by atoms with Crippen molar-refractivity contribution in [3.05, 3.63) is 39.8 Å².